The van der Waals surface area contributed by atoms with Crippen molar-refractivity contribution in [3.05, 3.63) is 23.5 Å². The Morgan fingerprint density at radius 2 is 1.73 bits per heavy atom. The van der Waals surface area contributed by atoms with E-state index in [4.69, 9.17) is 9.47 Å². The minimum Gasteiger partial charge on any atom is -0.496 e. The van der Waals surface area contributed by atoms with Crippen LogP contribution in [-0.2, 0) is 9.59 Å². The highest BCUT2D eigenvalue weighted by Crippen LogP contribution is 2.49. The van der Waals surface area contributed by atoms with Crippen molar-refractivity contribution in [2.45, 2.75) is 76.4 Å². The molecule has 0 saturated heterocycles. The van der Waals surface area contributed by atoms with Crippen LogP contribution in [0.1, 0.15) is 74.6 Å². The van der Waals surface area contributed by atoms with Gasteiger partial charge in [-0.1, -0.05) is 12.8 Å². The van der Waals surface area contributed by atoms with E-state index < -0.39 is 23.6 Å². The number of methoxy groups -OCH3 is 1. The number of halogens is 1. The molecule has 8 nitrogen and oxygen atoms in total. The Bertz CT molecular complexity index is 1040. The molecule has 4 atom stereocenters. The summed E-state index contributed by atoms with van der Waals surface area (Å²) < 4.78 is 26.0. The van der Waals surface area contributed by atoms with Crippen LogP contribution in [0.4, 0.5) is 4.39 Å². The van der Waals surface area contributed by atoms with Crippen molar-refractivity contribution >= 4 is 17.8 Å². The number of carbonyl (C=O) groups is 3. The number of carboxylic acid groups (broad SMARTS) is 1. The van der Waals surface area contributed by atoms with Crippen molar-refractivity contribution < 1.29 is 33.4 Å². The number of ether oxygens (including phenoxy) is 2. The largest absolute Gasteiger partial charge is 0.496 e. The van der Waals surface area contributed by atoms with Gasteiger partial charge in [0.15, 0.2) is 11.6 Å². The molecule has 4 fully saturated rings. The SMILES string of the molecule is COc1cc(F)c(OC2CCC(C(=O)O)CC2)cc1C(=O)N[C@@H]1[C@H]2CC[C@H](C2)[C@@H]1C(=O)NCCC1CC1. The zero-order valence-corrected chi connectivity index (χ0v) is 21.3. The fourth-order valence-corrected chi connectivity index (χ4v) is 6.61. The molecule has 5 rings (SSSR count). The number of hydrogen-bond donors (Lipinski definition) is 3. The maximum atomic E-state index is 14.8. The maximum Gasteiger partial charge on any atom is 0.306 e. The number of benzene rings is 1. The Labute approximate surface area is 216 Å². The summed E-state index contributed by atoms with van der Waals surface area (Å²) in [5.74, 6) is -1.19. The molecule has 0 spiro atoms. The smallest absolute Gasteiger partial charge is 0.306 e. The number of hydrogen-bond acceptors (Lipinski definition) is 5. The Balaban J connectivity index is 1.27. The molecule has 0 heterocycles. The molecule has 0 unspecified atom stereocenters. The molecule has 4 aliphatic rings. The lowest BCUT2D eigenvalue weighted by Gasteiger charge is -2.31. The third kappa shape index (κ3) is 5.70. The minimum absolute atomic E-state index is 0.0187. The molecule has 4 aliphatic carbocycles. The van der Waals surface area contributed by atoms with Crippen molar-refractivity contribution in [1.82, 2.24) is 10.6 Å². The average molecular weight is 517 g/mol. The zero-order valence-electron chi connectivity index (χ0n) is 21.3. The summed E-state index contributed by atoms with van der Waals surface area (Å²) >= 11 is 0. The normalized spacial score (nSPS) is 30.5. The zero-order chi connectivity index (χ0) is 26.1. The Kier molecular flexibility index (Phi) is 7.58. The Hall–Kier alpha value is -2.84. The summed E-state index contributed by atoms with van der Waals surface area (Å²) in [6, 6.07) is 2.25. The van der Waals surface area contributed by atoms with E-state index in [-0.39, 0.29) is 52.9 Å². The monoisotopic (exact) mass is 516 g/mol. The van der Waals surface area contributed by atoms with E-state index in [0.29, 0.717) is 32.2 Å². The van der Waals surface area contributed by atoms with E-state index in [1.165, 1.54) is 26.0 Å². The molecule has 0 radical (unpaired) electrons. The van der Waals surface area contributed by atoms with Crippen LogP contribution in [0.5, 0.6) is 11.5 Å². The summed E-state index contributed by atoms with van der Waals surface area (Å²) in [5.41, 5.74) is 0.161. The highest BCUT2D eigenvalue weighted by molar-refractivity contribution is 5.98. The first kappa shape index (κ1) is 25.8. The van der Waals surface area contributed by atoms with E-state index in [0.717, 1.165) is 37.7 Å². The number of amides is 2. The second kappa shape index (κ2) is 10.9. The standard InChI is InChI=1S/C28H37FN2O6/c1-36-22-14-21(29)23(37-19-8-6-16(7-9-19)28(34)35)13-20(22)26(32)31-25-18-5-4-17(12-18)24(25)27(33)30-11-10-15-2-3-15/h13-19,24-25H,2-12H2,1H3,(H,30,33)(H,31,32)(H,34,35)/t16?,17-,18+,19?,24+,25-/m1/s1. The van der Waals surface area contributed by atoms with Gasteiger partial charge in [-0.2, -0.15) is 0 Å². The molecule has 2 bridgehead atoms. The molecule has 0 aliphatic heterocycles. The van der Waals surface area contributed by atoms with Crippen LogP contribution in [-0.4, -0.2) is 48.7 Å². The summed E-state index contributed by atoms with van der Waals surface area (Å²) in [7, 11) is 1.38. The second-order valence-electron chi connectivity index (χ2n) is 11.3. The van der Waals surface area contributed by atoms with Crippen molar-refractivity contribution in [2.75, 3.05) is 13.7 Å². The number of carbonyl (C=O) groups excluding carboxylic acids is 2. The molecular formula is C28H37FN2O6. The van der Waals surface area contributed by atoms with Crippen LogP contribution in [0.2, 0.25) is 0 Å². The van der Waals surface area contributed by atoms with Gasteiger partial charge in [-0.3, -0.25) is 14.4 Å². The van der Waals surface area contributed by atoms with Gasteiger partial charge in [0.1, 0.15) is 5.75 Å². The van der Waals surface area contributed by atoms with Crippen LogP contribution in [0.3, 0.4) is 0 Å². The average Bonchev–Trinajstić information content (AvgIpc) is 3.48. The number of carboxylic acids is 1. The second-order valence-corrected chi connectivity index (χ2v) is 11.3. The predicted octanol–water partition coefficient (Wildman–Crippen LogP) is 3.92. The third-order valence-electron chi connectivity index (χ3n) is 8.88. The lowest BCUT2D eigenvalue weighted by atomic mass is 9.83. The fraction of sp³-hybridized carbons (Fsp3) is 0.679. The molecule has 3 N–H and O–H groups in total. The van der Waals surface area contributed by atoms with Gasteiger partial charge in [-0.05, 0) is 75.2 Å². The van der Waals surface area contributed by atoms with E-state index >= 15 is 0 Å². The molecule has 4 saturated carbocycles. The van der Waals surface area contributed by atoms with Crippen LogP contribution in [0.25, 0.3) is 0 Å². The molecule has 202 valence electrons. The lowest BCUT2D eigenvalue weighted by molar-refractivity contribution is -0.143. The Morgan fingerprint density at radius 3 is 2.41 bits per heavy atom. The summed E-state index contributed by atoms with van der Waals surface area (Å²) in [4.78, 5) is 37.7. The van der Waals surface area contributed by atoms with Crippen LogP contribution < -0.4 is 20.1 Å². The predicted molar refractivity (Wildman–Crippen MR) is 133 cm³/mol. The van der Waals surface area contributed by atoms with Gasteiger partial charge < -0.3 is 25.2 Å². The maximum absolute atomic E-state index is 14.8. The van der Waals surface area contributed by atoms with E-state index in [1.54, 1.807) is 0 Å². The van der Waals surface area contributed by atoms with Gasteiger partial charge in [-0.25, -0.2) is 4.39 Å². The highest BCUT2D eigenvalue weighted by Gasteiger charge is 2.51. The number of rotatable bonds is 10. The van der Waals surface area contributed by atoms with Crippen LogP contribution in [0.15, 0.2) is 12.1 Å². The Morgan fingerprint density at radius 1 is 1.00 bits per heavy atom. The van der Waals surface area contributed by atoms with E-state index in [2.05, 4.69) is 10.6 Å². The summed E-state index contributed by atoms with van der Waals surface area (Å²) in [5, 5.41) is 15.4. The third-order valence-corrected chi connectivity index (χ3v) is 8.88. The molecule has 1 aromatic rings. The van der Waals surface area contributed by atoms with Gasteiger partial charge in [0.25, 0.3) is 5.91 Å². The molecular weight excluding hydrogens is 479 g/mol. The topological polar surface area (TPSA) is 114 Å². The van der Waals surface area contributed by atoms with Gasteiger partial charge in [0, 0.05) is 18.7 Å². The van der Waals surface area contributed by atoms with E-state index in [9.17, 15) is 23.9 Å². The lowest BCUT2D eigenvalue weighted by Crippen LogP contribution is -2.50. The first-order valence-electron chi connectivity index (χ1n) is 13.7. The molecule has 0 aromatic heterocycles. The first-order chi connectivity index (χ1) is 17.8. The fourth-order valence-electron chi connectivity index (χ4n) is 6.61. The van der Waals surface area contributed by atoms with Crippen molar-refractivity contribution in [3.63, 3.8) is 0 Å². The summed E-state index contributed by atoms with van der Waals surface area (Å²) in [6.07, 6.45) is 8.06. The quantitative estimate of drug-likeness (QED) is 0.434. The van der Waals surface area contributed by atoms with Crippen molar-refractivity contribution in [2.24, 2.45) is 29.6 Å². The van der Waals surface area contributed by atoms with Crippen molar-refractivity contribution in [1.29, 1.82) is 0 Å². The van der Waals surface area contributed by atoms with E-state index in [1.807, 2.05) is 0 Å². The van der Waals surface area contributed by atoms with Gasteiger partial charge in [0.05, 0.1) is 30.6 Å². The van der Waals surface area contributed by atoms with Crippen LogP contribution >= 0.6 is 0 Å². The van der Waals surface area contributed by atoms with Gasteiger partial charge in [-0.15, -0.1) is 0 Å². The molecule has 1 aromatic carbocycles. The van der Waals surface area contributed by atoms with Crippen LogP contribution in [0, 0.1) is 35.4 Å². The van der Waals surface area contributed by atoms with Crippen molar-refractivity contribution in [3.8, 4) is 11.5 Å². The van der Waals surface area contributed by atoms with Gasteiger partial charge in [0.2, 0.25) is 5.91 Å². The number of aliphatic carboxylic acids is 1. The minimum atomic E-state index is -0.816. The molecule has 37 heavy (non-hydrogen) atoms. The number of nitrogens with one attached hydrogen (secondary N) is 2. The summed E-state index contributed by atoms with van der Waals surface area (Å²) in [6.45, 7) is 0.679. The first-order valence-corrected chi connectivity index (χ1v) is 13.7. The van der Waals surface area contributed by atoms with Gasteiger partial charge >= 0.3 is 5.97 Å². The molecule has 9 heteroatoms. The highest BCUT2D eigenvalue weighted by atomic mass is 19.1. The number of fused-ring (bicyclic) bond motifs is 2. The molecule has 2 amide bonds.